The van der Waals surface area contributed by atoms with Crippen molar-refractivity contribution in [2.75, 3.05) is 60.9 Å². The number of hydrogen-bond donors (Lipinski definition) is 3. The molecule has 50 heavy (non-hydrogen) atoms. The van der Waals surface area contributed by atoms with Crippen LogP contribution in [0.15, 0.2) is 103 Å². The van der Waals surface area contributed by atoms with Gasteiger partial charge in [0.1, 0.15) is 12.3 Å². The van der Waals surface area contributed by atoms with Crippen LogP contribution in [-0.4, -0.2) is 75.7 Å². The average molecular weight is 682 g/mol. The number of nitrogens with zero attached hydrogens (tertiary/aromatic N) is 3. The van der Waals surface area contributed by atoms with Crippen molar-refractivity contribution >= 4 is 52.5 Å². The molecule has 0 heterocycles. The molecule has 13 heteroatoms. The van der Waals surface area contributed by atoms with E-state index >= 15 is 0 Å². The third-order valence-corrected chi connectivity index (χ3v) is 7.74. The van der Waals surface area contributed by atoms with Crippen LogP contribution in [0.4, 0.5) is 27.5 Å². The molecule has 1 atom stereocenters. The number of anilines is 4. The number of carbonyl (C=O) groups is 5. The number of aryl methyl sites for hydroxylation is 1. The van der Waals surface area contributed by atoms with Gasteiger partial charge < -0.3 is 39.9 Å². The zero-order valence-electron chi connectivity index (χ0n) is 28.2. The fourth-order valence-corrected chi connectivity index (χ4v) is 4.88. The molecule has 0 bridgehead atoms. The van der Waals surface area contributed by atoms with Gasteiger partial charge in [-0.1, -0.05) is 54.6 Å². The Morgan fingerprint density at radius 3 is 2.16 bits per heavy atom. The van der Waals surface area contributed by atoms with Gasteiger partial charge in [-0.3, -0.25) is 14.4 Å². The van der Waals surface area contributed by atoms with E-state index < -0.39 is 36.5 Å². The normalized spacial score (nSPS) is 11.1. The fraction of sp³-hybridized carbons (Fsp3) is 0.216. The third-order valence-electron chi connectivity index (χ3n) is 7.74. The van der Waals surface area contributed by atoms with Gasteiger partial charge in [-0.15, -0.1) is 0 Å². The van der Waals surface area contributed by atoms with Crippen molar-refractivity contribution in [1.29, 1.82) is 0 Å². The standard InChI is InChI=1S/C37H39N5O8/c1-25-12-8-9-19-31(25)41(3)34(45)24-50-30-18-11-17-29(21-30)42(23-33(44)40(2)28-15-6-5-7-16-28)32(43)22-38-37(48)39-27-14-10-13-26(20-27)35(46)36(47)49-4/h5-21,35,46H,22-24H2,1-4H3,(H2,38,39,48). The van der Waals surface area contributed by atoms with Gasteiger partial charge in [-0.05, 0) is 60.5 Å². The molecule has 5 amide bonds. The second-order valence-electron chi connectivity index (χ2n) is 11.2. The number of carbonyl (C=O) groups excluding carboxylic acids is 5. The minimum absolute atomic E-state index is 0.198. The Morgan fingerprint density at radius 1 is 0.760 bits per heavy atom. The summed E-state index contributed by atoms with van der Waals surface area (Å²) in [6.07, 6.45) is -1.54. The Kier molecular flexibility index (Phi) is 12.6. The van der Waals surface area contributed by atoms with Crippen LogP contribution in [0, 0.1) is 6.92 Å². The molecule has 1 unspecified atom stereocenters. The van der Waals surface area contributed by atoms with Crippen molar-refractivity contribution in [3.8, 4) is 5.75 Å². The Labute approximate surface area is 290 Å². The molecular formula is C37H39N5O8. The lowest BCUT2D eigenvalue weighted by Gasteiger charge is -2.26. The van der Waals surface area contributed by atoms with Crippen molar-refractivity contribution in [3.63, 3.8) is 0 Å². The second kappa shape index (κ2) is 17.3. The van der Waals surface area contributed by atoms with Crippen LogP contribution in [0.2, 0.25) is 0 Å². The van der Waals surface area contributed by atoms with E-state index in [0.717, 1.165) is 18.4 Å². The monoisotopic (exact) mass is 681 g/mol. The number of aliphatic hydroxyl groups is 1. The van der Waals surface area contributed by atoms with Gasteiger partial charge in [0.15, 0.2) is 12.7 Å². The first kappa shape index (κ1) is 36.6. The van der Waals surface area contributed by atoms with Gasteiger partial charge >= 0.3 is 12.0 Å². The van der Waals surface area contributed by atoms with E-state index in [1.807, 2.05) is 37.3 Å². The smallest absolute Gasteiger partial charge is 0.339 e. The van der Waals surface area contributed by atoms with E-state index in [1.54, 1.807) is 56.6 Å². The molecule has 4 aromatic rings. The summed E-state index contributed by atoms with van der Waals surface area (Å²) in [6.45, 7) is 0.751. The molecule has 0 radical (unpaired) electrons. The highest BCUT2D eigenvalue weighted by Crippen LogP contribution is 2.24. The van der Waals surface area contributed by atoms with Crippen molar-refractivity contribution in [2.24, 2.45) is 0 Å². The maximum atomic E-state index is 13.6. The van der Waals surface area contributed by atoms with E-state index in [-0.39, 0.29) is 36.1 Å². The molecule has 260 valence electrons. The molecule has 0 fully saturated rings. The zero-order valence-corrected chi connectivity index (χ0v) is 28.2. The highest BCUT2D eigenvalue weighted by Gasteiger charge is 2.24. The van der Waals surface area contributed by atoms with E-state index in [2.05, 4.69) is 15.4 Å². The van der Waals surface area contributed by atoms with Gasteiger partial charge in [-0.2, -0.15) is 0 Å². The minimum atomic E-state index is -1.54. The largest absolute Gasteiger partial charge is 0.484 e. The lowest BCUT2D eigenvalue weighted by Crippen LogP contribution is -2.46. The zero-order chi connectivity index (χ0) is 36.2. The lowest BCUT2D eigenvalue weighted by atomic mass is 10.1. The Bertz CT molecular complexity index is 1830. The SMILES string of the molecule is COC(=O)C(O)c1cccc(NC(=O)NCC(=O)N(CC(=O)N(C)c2ccccc2)c2cccc(OCC(=O)N(C)c3ccccc3C)c2)c1. The van der Waals surface area contributed by atoms with Gasteiger partial charge in [0.25, 0.3) is 5.91 Å². The number of methoxy groups -OCH3 is 1. The second-order valence-corrected chi connectivity index (χ2v) is 11.2. The number of likely N-dealkylation sites (N-methyl/N-ethyl adjacent to an activating group) is 2. The highest BCUT2D eigenvalue weighted by atomic mass is 16.5. The molecule has 0 aliphatic heterocycles. The first-order valence-corrected chi connectivity index (χ1v) is 15.6. The molecule has 0 saturated heterocycles. The quantitative estimate of drug-likeness (QED) is 0.178. The number of nitrogens with one attached hydrogen (secondary N) is 2. The highest BCUT2D eigenvalue weighted by molar-refractivity contribution is 6.05. The van der Waals surface area contributed by atoms with E-state index in [9.17, 15) is 29.1 Å². The number of benzene rings is 4. The van der Waals surface area contributed by atoms with Crippen molar-refractivity contribution in [1.82, 2.24) is 5.32 Å². The average Bonchev–Trinajstić information content (AvgIpc) is 3.14. The van der Waals surface area contributed by atoms with Gasteiger partial charge in [0.2, 0.25) is 11.8 Å². The third kappa shape index (κ3) is 9.67. The fourth-order valence-electron chi connectivity index (χ4n) is 4.88. The summed E-state index contributed by atoms with van der Waals surface area (Å²) >= 11 is 0. The number of rotatable bonds is 13. The molecule has 0 saturated carbocycles. The number of ether oxygens (including phenoxy) is 2. The summed E-state index contributed by atoms with van der Waals surface area (Å²) in [6, 6.07) is 28.0. The minimum Gasteiger partial charge on any atom is -0.484 e. The van der Waals surface area contributed by atoms with E-state index in [4.69, 9.17) is 4.74 Å². The summed E-state index contributed by atoms with van der Waals surface area (Å²) in [5, 5.41) is 15.2. The predicted molar refractivity (Wildman–Crippen MR) is 189 cm³/mol. The van der Waals surface area contributed by atoms with Crippen LogP contribution in [0.25, 0.3) is 0 Å². The maximum absolute atomic E-state index is 13.6. The topological polar surface area (TPSA) is 158 Å². The number of para-hydroxylation sites is 2. The van der Waals surface area contributed by atoms with Crippen LogP contribution in [-0.2, 0) is 23.9 Å². The Balaban J connectivity index is 1.48. The van der Waals surface area contributed by atoms with Gasteiger partial charge in [0.05, 0.1) is 13.7 Å². The van der Waals surface area contributed by atoms with Crippen molar-refractivity contribution in [2.45, 2.75) is 13.0 Å². The molecule has 4 rings (SSSR count). The van der Waals surface area contributed by atoms with Crippen molar-refractivity contribution < 1.29 is 38.6 Å². The number of urea groups is 1. The van der Waals surface area contributed by atoms with E-state index in [0.29, 0.717) is 11.4 Å². The summed E-state index contributed by atoms with van der Waals surface area (Å²) in [4.78, 5) is 68.6. The number of esters is 1. The molecule has 4 aromatic carbocycles. The lowest BCUT2D eigenvalue weighted by molar-refractivity contribution is -0.150. The van der Waals surface area contributed by atoms with Crippen LogP contribution < -0.4 is 30.1 Å². The molecular weight excluding hydrogens is 642 g/mol. The molecule has 0 aromatic heterocycles. The molecule has 0 aliphatic carbocycles. The van der Waals surface area contributed by atoms with Crippen LogP contribution in [0.3, 0.4) is 0 Å². The predicted octanol–water partition coefficient (Wildman–Crippen LogP) is 4.06. The Morgan fingerprint density at radius 2 is 1.44 bits per heavy atom. The number of amides is 5. The number of aliphatic hydroxyl groups excluding tert-OH is 1. The summed E-state index contributed by atoms with van der Waals surface area (Å²) in [5.41, 5.74) is 3.04. The molecule has 13 nitrogen and oxygen atoms in total. The molecule has 0 spiro atoms. The summed E-state index contributed by atoms with van der Waals surface area (Å²) in [5.74, 6) is -1.89. The first-order valence-electron chi connectivity index (χ1n) is 15.6. The van der Waals surface area contributed by atoms with Crippen molar-refractivity contribution in [3.05, 3.63) is 114 Å². The van der Waals surface area contributed by atoms with Crippen LogP contribution >= 0.6 is 0 Å². The van der Waals surface area contributed by atoms with Crippen LogP contribution in [0.5, 0.6) is 5.75 Å². The number of hydrogen-bond acceptors (Lipinski definition) is 8. The molecule has 0 aliphatic rings. The Hall–Kier alpha value is -6.21. The first-order chi connectivity index (χ1) is 24.0. The summed E-state index contributed by atoms with van der Waals surface area (Å²) in [7, 11) is 4.39. The van der Waals surface area contributed by atoms with E-state index in [1.165, 1.54) is 45.0 Å². The summed E-state index contributed by atoms with van der Waals surface area (Å²) < 4.78 is 10.4. The molecule has 3 N–H and O–H groups in total. The van der Waals surface area contributed by atoms with Crippen LogP contribution in [0.1, 0.15) is 17.2 Å². The van der Waals surface area contributed by atoms with Gasteiger partial charge in [-0.25, -0.2) is 9.59 Å². The maximum Gasteiger partial charge on any atom is 0.339 e. The van der Waals surface area contributed by atoms with Gasteiger partial charge in [0, 0.05) is 42.9 Å².